The number of rotatable bonds is 3. The number of amides is 2. The molecule has 1 aromatic carbocycles. The van der Waals surface area contributed by atoms with Gasteiger partial charge in [0.05, 0.1) is 0 Å². The Morgan fingerprint density at radius 3 is 2.39 bits per heavy atom. The molecule has 23 heavy (non-hydrogen) atoms. The number of carbonyl (C=O) groups is 2. The Morgan fingerprint density at radius 2 is 1.74 bits per heavy atom. The fourth-order valence-electron chi connectivity index (χ4n) is 4.00. The fourth-order valence-corrected chi connectivity index (χ4v) is 4.00. The first kappa shape index (κ1) is 16.0. The molecular formula is C19H26N2O2. The lowest BCUT2D eigenvalue weighted by Crippen LogP contribution is -2.54. The van der Waals surface area contributed by atoms with Gasteiger partial charge in [0.15, 0.2) is 0 Å². The third kappa shape index (κ3) is 3.26. The highest BCUT2D eigenvalue weighted by Crippen LogP contribution is 2.28. The third-order valence-electron chi connectivity index (χ3n) is 5.26. The summed E-state index contributed by atoms with van der Waals surface area (Å²) in [6.45, 7) is 4.80. The van der Waals surface area contributed by atoms with Crippen LogP contribution in [0, 0.1) is 0 Å². The van der Waals surface area contributed by atoms with E-state index in [2.05, 4.69) is 13.8 Å². The molecule has 2 fully saturated rings. The summed E-state index contributed by atoms with van der Waals surface area (Å²) >= 11 is 0. The zero-order chi connectivity index (χ0) is 16.4. The van der Waals surface area contributed by atoms with E-state index in [-0.39, 0.29) is 29.9 Å². The Morgan fingerprint density at radius 1 is 1.09 bits per heavy atom. The molecule has 3 atom stereocenters. The van der Waals surface area contributed by atoms with E-state index in [4.69, 9.17) is 0 Å². The maximum absolute atomic E-state index is 13.1. The molecule has 4 heteroatoms. The zero-order valence-electron chi connectivity index (χ0n) is 14.1. The van der Waals surface area contributed by atoms with Crippen LogP contribution in [0.1, 0.15) is 51.5 Å². The topological polar surface area (TPSA) is 40.6 Å². The van der Waals surface area contributed by atoms with Gasteiger partial charge < -0.3 is 9.80 Å². The van der Waals surface area contributed by atoms with Gasteiger partial charge in [-0.1, -0.05) is 30.3 Å². The molecular weight excluding hydrogens is 288 g/mol. The summed E-state index contributed by atoms with van der Waals surface area (Å²) in [5.74, 6) is 0.246. The summed E-state index contributed by atoms with van der Waals surface area (Å²) in [5, 5.41) is 0. The second-order valence-corrected chi connectivity index (χ2v) is 6.94. The minimum Gasteiger partial charge on any atom is -0.336 e. The summed E-state index contributed by atoms with van der Waals surface area (Å²) in [6, 6.07) is 10.2. The predicted molar refractivity (Wildman–Crippen MR) is 89.6 cm³/mol. The number of hydrogen-bond acceptors (Lipinski definition) is 2. The summed E-state index contributed by atoms with van der Waals surface area (Å²) in [7, 11) is 0. The van der Waals surface area contributed by atoms with Gasteiger partial charge in [0, 0.05) is 25.0 Å². The zero-order valence-corrected chi connectivity index (χ0v) is 14.1. The summed E-state index contributed by atoms with van der Waals surface area (Å²) < 4.78 is 0. The van der Waals surface area contributed by atoms with Crippen LogP contribution in [0.3, 0.4) is 0 Å². The molecule has 0 saturated carbocycles. The van der Waals surface area contributed by atoms with E-state index in [1.807, 2.05) is 35.2 Å². The largest absolute Gasteiger partial charge is 0.336 e. The average Bonchev–Trinajstić information content (AvgIpc) is 2.89. The number of nitrogens with zero attached hydrogens (tertiary/aromatic N) is 2. The van der Waals surface area contributed by atoms with Crippen LogP contribution in [0.5, 0.6) is 0 Å². The Balaban J connectivity index is 1.77. The van der Waals surface area contributed by atoms with Gasteiger partial charge in [-0.25, -0.2) is 0 Å². The van der Waals surface area contributed by atoms with E-state index < -0.39 is 0 Å². The van der Waals surface area contributed by atoms with Gasteiger partial charge >= 0.3 is 0 Å². The van der Waals surface area contributed by atoms with Gasteiger partial charge in [-0.15, -0.1) is 0 Å². The van der Waals surface area contributed by atoms with Crippen molar-refractivity contribution in [1.29, 1.82) is 0 Å². The lowest BCUT2D eigenvalue weighted by molar-refractivity contribution is -0.146. The first-order chi connectivity index (χ1) is 11.1. The molecule has 0 bridgehead atoms. The van der Waals surface area contributed by atoms with Crippen molar-refractivity contribution in [3.8, 4) is 0 Å². The molecule has 3 rings (SSSR count). The van der Waals surface area contributed by atoms with Gasteiger partial charge in [-0.3, -0.25) is 9.59 Å². The quantitative estimate of drug-likeness (QED) is 0.860. The number of likely N-dealkylation sites (tertiary alicyclic amines) is 2. The van der Waals surface area contributed by atoms with Crippen molar-refractivity contribution < 1.29 is 9.59 Å². The van der Waals surface area contributed by atoms with Crippen LogP contribution in [-0.4, -0.2) is 39.7 Å². The first-order valence-electron chi connectivity index (χ1n) is 8.73. The van der Waals surface area contributed by atoms with Gasteiger partial charge in [-0.05, 0) is 45.1 Å². The van der Waals surface area contributed by atoms with Crippen LogP contribution in [0.25, 0.3) is 0 Å². The van der Waals surface area contributed by atoms with Crippen molar-refractivity contribution >= 4 is 11.8 Å². The van der Waals surface area contributed by atoms with Crippen LogP contribution >= 0.6 is 0 Å². The van der Waals surface area contributed by atoms with Crippen LogP contribution in [-0.2, 0) is 16.1 Å². The summed E-state index contributed by atoms with van der Waals surface area (Å²) in [4.78, 5) is 29.2. The second-order valence-electron chi connectivity index (χ2n) is 6.94. The molecule has 2 amide bonds. The van der Waals surface area contributed by atoms with Crippen molar-refractivity contribution in [3.63, 3.8) is 0 Å². The molecule has 0 aromatic heterocycles. The summed E-state index contributed by atoms with van der Waals surface area (Å²) in [5.41, 5.74) is 1.08. The molecule has 3 unspecified atom stereocenters. The van der Waals surface area contributed by atoms with Gasteiger partial charge in [0.1, 0.15) is 6.04 Å². The first-order valence-corrected chi connectivity index (χ1v) is 8.73. The van der Waals surface area contributed by atoms with E-state index in [0.29, 0.717) is 19.4 Å². The molecule has 124 valence electrons. The highest BCUT2D eigenvalue weighted by molar-refractivity contribution is 5.91. The number of carbonyl (C=O) groups excluding carboxylic acids is 2. The Hall–Kier alpha value is -1.84. The number of piperidine rings is 1. The maximum atomic E-state index is 13.1. The molecule has 2 aliphatic rings. The van der Waals surface area contributed by atoms with Gasteiger partial charge in [0.2, 0.25) is 11.8 Å². The van der Waals surface area contributed by atoms with Crippen molar-refractivity contribution in [3.05, 3.63) is 35.9 Å². The molecule has 0 aliphatic carbocycles. The lowest BCUT2D eigenvalue weighted by atomic mass is 9.96. The van der Waals surface area contributed by atoms with E-state index >= 15 is 0 Å². The lowest BCUT2D eigenvalue weighted by Gasteiger charge is -2.41. The van der Waals surface area contributed by atoms with Crippen LogP contribution in [0.4, 0.5) is 0 Å². The highest BCUT2D eigenvalue weighted by atomic mass is 16.2. The monoisotopic (exact) mass is 314 g/mol. The minimum absolute atomic E-state index is 0.101. The molecule has 2 aliphatic heterocycles. The minimum atomic E-state index is -0.286. The molecule has 2 heterocycles. The normalized spacial score (nSPS) is 28.3. The van der Waals surface area contributed by atoms with E-state index in [0.717, 1.165) is 18.4 Å². The van der Waals surface area contributed by atoms with Crippen molar-refractivity contribution in [2.75, 3.05) is 0 Å². The molecule has 2 saturated heterocycles. The van der Waals surface area contributed by atoms with E-state index in [1.54, 1.807) is 4.90 Å². The SMILES string of the molecule is CC1CCCC(C)N1C(=O)C1CCC(=O)N1Cc1ccccc1. The third-order valence-corrected chi connectivity index (χ3v) is 5.26. The van der Waals surface area contributed by atoms with Crippen LogP contribution in [0.15, 0.2) is 30.3 Å². The fraction of sp³-hybridized carbons (Fsp3) is 0.579. The maximum Gasteiger partial charge on any atom is 0.245 e. The average molecular weight is 314 g/mol. The van der Waals surface area contributed by atoms with Gasteiger partial charge in [0.25, 0.3) is 0 Å². The second kappa shape index (κ2) is 6.73. The van der Waals surface area contributed by atoms with Crippen molar-refractivity contribution in [1.82, 2.24) is 9.80 Å². The van der Waals surface area contributed by atoms with E-state index in [1.165, 1.54) is 6.42 Å². The van der Waals surface area contributed by atoms with Crippen molar-refractivity contribution in [2.45, 2.75) is 70.6 Å². The van der Waals surface area contributed by atoms with Gasteiger partial charge in [-0.2, -0.15) is 0 Å². The number of benzene rings is 1. The van der Waals surface area contributed by atoms with Crippen molar-refractivity contribution in [2.24, 2.45) is 0 Å². The molecule has 1 aromatic rings. The number of hydrogen-bond donors (Lipinski definition) is 0. The Kier molecular flexibility index (Phi) is 4.69. The Bertz CT molecular complexity index is 562. The smallest absolute Gasteiger partial charge is 0.245 e. The van der Waals surface area contributed by atoms with E-state index in [9.17, 15) is 9.59 Å². The van der Waals surface area contributed by atoms with Crippen LogP contribution < -0.4 is 0 Å². The standard InChI is InChI=1S/C19H26N2O2/c1-14-7-6-8-15(2)21(14)19(23)17-11-12-18(22)20(17)13-16-9-4-3-5-10-16/h3-5,9-10,14-15,17H,6-8,11-13H2,1-2H3. The predicted octanol–water partition coefficient (Wildman–Crippen LogP) is 2.97. The highest BCUT2D eigenvalue weighted by Gasteiger charge is 2.41. The Labute approximate surface area is 138 Å². The summed E-state index contributed by atoms with van der Waals surface area (Å²) in [6.07, 6.45) is 4.45. The molecule has 0 spiro atoms. The molecule has 0 radical (unpaired) electrons. The molecule has 4 nitrogen and oxygen atoms in total. The van der Waals surface area contributed by atoms with Crippen LogP contribution in [0.2, 0.25) is 0 Å². The molecule has 0 N–H and O–H groups in total.